The Morgan fingerprint density at radius 1 is 1.35 bits per heavy atom. The summed E-state index contributed by atoms with van der Waals surface area (Å²) < 4.78 is 66.5. The highest BCUT2D eigenvalue weighted by atomic mass is 32.2. The van der Waals surface area contributed by atoms with Crippen LogP contribution in [0.1, 0.15) is 6.42 Å². The van der Waals surface area contributed by atoms with Gasteiger partial charge in [-0.15, -0.1) is 13.2 Å². The van der Waals surface area contributed by atoms with E-state index in [-0.39, 0.29) is 10.9 Å². The largest absolute Gasteiger partial charge is 0.573 e. The van der Waals surface area contributed by atoms with Crippen molar-refractivity contribution >= 4 is 10.0 Å². The maximum atomic E-state index is 12.1. The summed E-state index contributed by atoms with van der Waals surface area (Å²) in [5, 5.41) is 2.99. The molecular weight excluding hydrogens is 297 g/mol. The van der Waals surface area contributed by atoms with Gasteiger partial charge < -0.3 is 10.1 Å². The number of benzene rings is 1. The molecule has 0 aliphatic carbocycles. The summed E-state index contributed by atoms with van der Waals surface area (Å²) in [6.07, 6.45) is -4.22. The highest BCUT2D eigenvalue weighted by Gasteiger charge is 2.31. The highest BCUT2D eigenvalue weighted by molar-refractivity contribution is 7.89. The molecule has 9 heteroatoms. The number of hydrogen-bond acceptors (Lipinski definition) is 4. The number of hydrogen-bond donors (Lipinski definition) is 2. The van der Waals surface area contributed by atoms with Crippen molar-refractivity contribution in [3.05, 3.63) is 24.3 Å². The molecule has 20 heavy (non-hydrogen) atoms. The Morgan fingerprint density at radius 2 is 2.10 bits per heavy atom. The van der Waals surface area contributed by atoms with Gasteiger partial charge in [0.2, 0.25) is 10.0 Å². The van der Waals surface area contributed by atoms with Gasteiger partial charge in [-0.25, -0.2) is 13.1 Å². The minimum Gasteiger partial charge on any atom is -0.406 e. The standard InChI is InChI=1S/C11H13F3N2O3S/c12-11(13,14)19-9-2-1-3-10(6-9)20(17,18)16-8-4-5-15-7-8/h1-3,6,8,15-16H,4-5,7H2. The fourth-order valence-corrected chi connectivity index (χ4v) is 3.19. The molecule has 2 rings (SSSR count). The molecule has 5 nitrogen and oxygen atoms in total. The Morgan fingerprint density at radius 3 is 2.70 bits per heavy atom. The maximum absolute atomic E-state index is 12.1. The molecule has 1 aliphatic rings. The zero-order chi connectivity index (χ0) is 14.8. The fraction of sp³-hybridized carbons (Fsp3) is 0.455. The summed E-state index contributed by atoms with van der Waals surface area (Å²) in [6, 6.07) is 4.05. The molecule has 0 amide bonds. The summed E-state index contributed by atoms with van der Waals surface area (Å²) >= 11 is 0. The van der Waals surface area contributed by atoms with Crippen LogP contribution < -0.4 is 14.8 Å². The SMILES string of the molecule is O=S(=O)(NC1CCNC1)c1cccc(OC(F)(F)F)c1. The minimum absolute atomic E-state index is 0.257. The summed E-state index contributed by atoms with van der Waals surface area (Å²) in [7, 11) is -3.86. The predicted molar refractivity (Wildman–Crippen MR) is 64.7 cm³/mol. The van der Waals surface area contributed by atoms with E-state index in [0.717, 1.165) is 12.1 Å². The van der Waals surface area contributed by atoms with Crippen molar-refractivity contribution in [3.63, 3.8) is 0 Å². The maximum Gasteiger partial charge on any atom is 0.573 e. The second kappa shape index (κ2) is 5.58. The van der Waals surface area contributed by atoms with Gasteiger partial charge in [-0.05, 0) is 25.1 Å². The number of rotatable bonds is 4. The quantitative estimate of drug-likeness (QED) is 0.878. The van der Waals surface area contributed by atoms with Crippen molar-refractivity contribution in [1.29, 1.82) is 0 Å². The van der Waals surface area contributed by atoms with Crippen molar-refractivity contribution in [3.8, 4) is 5.75 Å². The predicted octanol–water partition coefficient (Wildman–Crippen LogP) is 1.23. The molecule has 1 aromatic carbocycles. The van der Waals surface area contributed by atoms with Crippen molar-refractivity contribution in [2.75, 3.05) is 13.1 Å². The number of ether oxygens (including phenoxy) is 1. The molecule has 0 saturated carbocycles. The van der Waals surface area contributed by atoms with Gasteiger partial charge in [-0.3, -0.25) is 0 Å². The molecule has 0 bridgehead atoms. The van der Waals surface area contributed by atoms with E-state index in [1.165, 1.54) is 12.1 Å². The average Bonchev–Trinajstić information content (AvgIpc) is 2.79. The molecule has 0 spiro atoms. The van der Waals surface area contributed by atoms with E-state index in [1.807, 2.05) is 0 Å². The van der Waals surface area contributed by atoms with Crippen LogP contribution in [0.3, 0.4) is 0 Å². The van der Waals surface area contributed by atoms with Gasteiger partial charge in [0, 0.05) is 18.7 Å². The first-order valence-electron chi connectivity index (χ1n) is 5.85. The number of halogens is 3. The molecule has 112 valence electrons. The van der Waals surface area contributed by atoms with Crippen molar-refractivity contribution < 1.29 is 26.3 Å². The van der Waals surface area contributed by atoms with Crippen LogP contribution in [0.4, 0.5) is 13.2 Å². The average molecular weight is 310 g/mol. The van der Waals surface area contributed by atoms with E-state index in [2.05, 4.69) is 14.8 Å². The van der Waals surface area contributed by atoms with E-state index in [4.69, 9.17) is 0 Å². The fourth-order valence-electron chi connectivity index (χ4n) is 1.88. The number of alkyl halides is 3. The lowest BCUT2D eigenvalue weighted by atomic mass is 10.3. The lowest BCUT2D eigenvalue weighted by Crippen LogP contribution is -2.36. The van der Waals surface area contributed by atoms with Gasteiger partial charge in [0.25, 0.3) is 0 Å². The van der Waals surface area contributed by atoms with Crippen molar-refractivity contribution in [2.45, 2.75) is 23.7 Å². The lowest BCUT2D eigenvalue weighted by molar-refractivity contribution is -0.274. The highest BCUT2D eigenvalue weighted by Crippen LogP contribution is 2.25. The van der Waals surface area contributed by atoms with Crippen LogP contribution in [0.15, 0.2) is 29.2 Å². The van der Waals surface area contributed by atoms with Crippen LogP contribution in [0.2, 0.25) is 0 Å². The number of sulfonamides is 1. The summed E-state index contributed by atoms with van der Waals surface area (Å²) in [4.78, 5) is -0.258. The first-order valence-corrected chi connectivity index (χ1v) is 7.33. The van der Waals surface area contributed by atoms with Gasteiger partial charge in [0.1, 0.15) is 5.75 Å². The van der Waals surface area contributed by atoms with Crippen molar-refractivity contribution in [2.24, 2.45) is 0 Å². The molecular formula is C11H13F3N2O3S. The number of nitrogens with one attached hydrogen (secondary N) is 2. The van der Waals surface area contributed by atoms with Gasteiger partial charge in [0.15, 0.2) is 0 Å². The molecule has 1 saturated heterocycles. The summed E-state index contributed by atoms with van der Waals surface area (Å²) in [5.74, 6) is -0.565. The third kappa shape index (κ3) is 4.09. The third-order valence-corrected chi connectivity index (χ3v) is 4.25. The van der Waals surface area contributed by atoms with Crippen LogP contribution in [-0.2, 0) is 10.0 Å². The smallest absolute Gasteiger partial charge is 0.406 e. The first kappa shape index (κ1) is 15.1. The topological polar surface area (TPSA) is 67.4 Å². The Bertz CT molecular complexity index is 569. The Labute approximate surface area is 114 Å². The van der Waals surface area contributed by atoms with Gasteiger partial charge in [-0.2, -0.15) is 0 Å². The van der Waals surface area contributed by atoms with E-state index < -0.39 is 22.1 Å². The van der Waals surface area contributed by atoms with E-state index in [0.29, 0.717) is 19.5 Å². The van der Waals surface area contributed by atoms with Gasteiger partial charge >= 0.3 is 6.36 Å². The molecule has 1 unspecified atom stereocenters. The Balaban J connectivity index is 2.16. The normalized spacial score (nSPS) is 20.1. The second-order valence-electron chi connectivity index (χ2n) is 4.33. The Hall–Kier alpha value is -1.32. The second-order valence-corrected chi connectivity index (χ2v) is 6.05. The molecule has 0 radical (unpaired) electrons. The van der Waals surface area contributed by atoms with Gasteiger partial charge in [-0.1, -0.05) is 6.07 Å². The molecule has 2 N–H and O–H groups in total. The minimum atomic E-state index is -4.86. The summed E-state index contributed by atoms with van der Waals surface area (Å²) in [6.45, 7) is 1.20. The van der Waals surface area contributed by atoms with E-state index in [1.54, 1.807) is 0 Å². The zero-order valence-electron chi connectivity index (χ0n) is 10.3. The molecule has 0 aromatic heterocycles. The van der Waals surface area contributed by atoms with Crippen LogP contribution in [0.25, 0.3) is 0 Å². The summed E-state index contributed by atoms with van der Waals surface area (Å²) in [5.41, 5.74) is 0. The van der Waals surface area contributed by atoms with Crippen LogP contribution >= 0.6 is 0 Å². The molecule has 1 fully saturated rings. The van der Waals surface area contributed by atoms with Gasteiger partial charge in [0.05, 0.1) is 4.90 Å². The molecule has 1 aliphatic heterocycles. The monoisotopic (exact) mass is 310 g/mol. The molecule has 1 aromatic rings. The van der Waals surface area contributed by atoms with Crippen molar-refractivity contribution in [1.82, 2.24) is 10.0 Å². The van der Waals surface area contributed by atoms with Crippen LogP contribution in [0.5, 0.6) is 5.75 Å². The first-order chi connectivity index (χ1) is 9.26. The molecule has 1 atom stereocenters. The van der Waals surface area contributed by atoms with Crippen LogP contribution in [-0.4, -0.2) is 33.9 Å². The van der Waals surface area contributed by atoms with E-state index >= 15 is 0 Å². The third-order valence-electron chi connectivity index (χ3n) is 2.73. The lowest BCUT2D eigenvalue weighted by Gasteiger charge is -2.13. The van der Waals surface area contributed by atoms with E-state index in [9.17, 15) is 21.6 Å². The van der Waals surface area contributed by atoms with Crippen LogP contribution in [0, 0.1) is 0 Å². The Kier molecular flexibility index (Phi) is 4.21. The zero-order valence-corrected chi connectivity index (χ0v) is 11.1. The molecule has 1 heterocycles.